The molecule has 3 atom stereocenters. The number of carbonyl (C=O) groups is 2. The third-order valence-electron chi connectivity index (χ3n) is 3.88. The van der Waals surface area contributed by atoms with E-state index < -0.39 is 25.2 Å². The lowest BCUT2D eigenvalue weighted by Crippen LogP contribution is -2.49. The molecule has 0 saturated carbocycles. The van der Waals surface area contributed by atoms with Crippen LogP contribution in [0.1, 0.15) is 26.7 Å². The number of amides is 1. The lowest BCUT2D eigenvalue weighted by molar-refractivity contribution is -0.148. The van der Waals surface area contributed by atoms with Crippen LogP contribution < -0.4 is 10.6 Å². The summed E-state index contributed by atoms with van der Waals surface area (Å²) in [6.07, 6.45) is -0.294. The molecule has 0 aliphatic carbocycles. The number of hydrogen-bond acceptors (Lipinski definition) is 8. The fourth-order valence-corrected chi connectivity index (χ4v) is 3.77. The van der Waals surface area contributed by atoms with Gasteiger partial charge < -0.3 is 15.4 Å². The van der Waals surface area contributed by atoms with Crippen LogP contribution in [0.2, 0.25) is 0 Å². The fourth-order valence-electron chi connectivity index (χ4n) is 2.45. The zero-order valence-corrected chi connectivity index (χ0v) is 14.8. The maximum Gasteiger partial charge on any atom is 0.475 e. The number of carbonyl (C=O) groups excluding carboxylic acids is 2. The molecule has 2 heterocycles. The van der Waals surface area contributed by atoms with Crippen molar-refractivity contribution in [3.05, 3.63) is 7.11 Å². The smallest absolute Gasteiger partial charge is 0.461 e. The van der Waals surface area contributed by atoms with E-state index in [1.165, 1.54) is 0 Å². The van der Waals surface area contributed by atoms with Crippen molar-refractivity contribution in [3.63, 3.8) is 0 Å². The van der Waals surface area contributed by atoms with Crippen molar-refractivity contribution in [2.75, 3.05) is 26.2 Å². The van der Waals surface area contributed by atoms with Crippen molar-refractivity contribution in [1.29, 1.82) is 0 Å². The van der Waals surface area contributed by atoms with E-state index in [4.69, 9.17) is 13.8 Å². The first-order chi connectivity index (χ1) is 11.3. The van der Waals surface area contributed by atoms with Crippen molar-refractivity contribution in [1.82, 2.24) is 10.6 Å². The average Bonchev–Trinajstić information content (AvgIpc) is 3.02. The molecule has 2 fully saturated rings. The summed E-state index contributed by atoms with van der Waals surface area (Å²) in [4.78, 5) is 24.0. The summed E-state index contributed by atoms with van der Waals surface area (Å²) in [6.45, 7) is 5.09. The number of esters is 1. The van der Waals surface area contributed by atoms with Crippen LogP contribution in [-0.2, 0) is 32.5 Å². The van der Waals surface area contributed by atoms with Gasteiger partial charge in [-0.3, -0.25) is 23.2 Å². The Morgan fingerprint density at radius 3 is 2.83 bits per heavy atom. The minimum atomic E-state index is -3.83. The zero-order chi connectivity index (χ0) is 17.8. The topological polar surface area (TPSA) is 112 Å². The quantitative estimate of drug-likeness (QED) is 0.525. The van der Waals surface area contributed by atoms with Gasteiger partial charge in [0.2, 0.25) is 5.91 Å². The normalized spacial score (nSPS) is 32.3. The van der Waals surface area contributed by atoms with Crippen molar-refractivity contribution >= 4 is 19.7 Å². The molecule has 0 aromatic heterocycles. The average molecular weight is 363 g/mol. The minimum absolute atomic E-state index is 0.0224. The van der Waals surface area contributed by atoms with Gasteiger partial charge in [0.1, 0.15) is 6.10 Å². The van der Waals surface area contributed by atoms with Gasteiger partial charge in [-0.15, -0.1) is 0 Å². The molecule has 24 heavy (non-hydrogen) atoms. The molecule has 2 aliphatic heterocycles. The van der Waals surface area contributed by atoms with E-state index in [9.17, 15) is 14.2 Å². The van der Waals surface area contributed by atoms with Crippen molar-refractivity contribution in [2.45, 2.75) is 38.9 Å². The number of phosphoric ester groups is 1. The Hall–Kier alpha value is -0.990. The molecule has 2 saturated heterocycles. The molecule has 1 radical (unpaired) electrons. The molecular weight excluding hydrogens is 339 g/mol. The lowest BCUT2D eigenvalue weighted by atomic mass is 9.87. The summed E-state index contributed by atoms with van der Waals surface area (Å²) in [6, 6.07) is 0. The monoisotopic (exact) mass is 363 g/mol. The van der Waals surface area contributed by atoms with Crippen LogP contribution in [0.4, 0.5) is 0 Å². The van der Waals surface area contributed by atoms with Crippen molar-refractivity contribution in [3.8, 4) is 0 Å². The van der Waals surface area contributed by atoms with E-state index in [0.29, 0.717) is 6.54 Å². The van der Waals surface area contributed by atoms with Crippen LogP contribution in [-0.4, -0.2) is 50.3 Å². The molecule has 10 heteroatoms. The van der Waals surface area contributed by atoms with E-state index in [-0.39, 0.29) is 31.6 Å². The maximum atomic E-state index is 12.3. The van der Waals surface area contributed by atoms with Crippen molar-refractivity contribution in [2.24, 2.45) is 5.41 Å². The molecule has 0 aromatic rings. The Balaban J connectivity index is 1.79. The molecule has 2 rings (SSSR count). The van der Waals surface area contributed by atoms with Crippen LogP contribution in [0.5, 0.6) is 0 Å². The van der Waals surface area contributed by atoms with Gasteiger partial charge >= 0.3 is 13.8 Å². The van der Waals surface area contributed by atoms with Crippen LogP contribution in [0.15, 0.2) is 0 Å². The highest BCUT2D eigenvalue weighted by atomic mass is 31.2. The molecule has 0 aromatic carbocycles. The molecule has 1 unspecified atom stereocenters. The minimum Gasteiger partial charge on any atom is -0.461 e. The highest BCUT2D eigenvalue weighted by Gasteiger charge is 2.48. The van der Waals surface area contributed by atoms with Gasteiger partial charge in [0, 0.05) is 18.5 Å². The highest BCUT2D eigenvalue weighted by Crippen LogP contribution is 2.56. The summed E-state index contributed by atoms with van der Waals surface area (Å²) in [7, 11) is -0.781. The number of phosphoric acid groups is 1. The van der Waals surface area contributed by atoms with E-state index in [2.05, 4.69) is 22.3 Å². The SMILES string of the molecule is [CH2]O[P@@]1(=O)OCC(C)(C)[C@H](C(=O)NCCC(=O)OC2CCNC2)O1. The van der Waals surface area contributed by atoms with E-state index in [0.717, 1.165) is 13.0 Å². The van der Waals surface area contributed by atoms with Crippen LogP contribution >= 0.6 is 7.82 Å². The van der Waals surface area contributed by atoms with Gasteiger partial charge in [-0.1, -0.05) is 13.8 Å². The highest BCUT2D eigenvalue weighted by molar-refractivity contribution is 7.48. The summed E-state index contributed by atoms with van der Waals surface area (Å²) in [5, 5.41) is 5.69. The third kappa shape index (κ3) is 5.00. The van der Waals surface area contributed by atoms with Gasteiger partial charge in [0.25, 0.3) is 0 Å². The standard InChI is InChI=1S/C14H24N2O7P/c1-14(2)9-21-24(19,20-3)23-12(14)13(18)16-7-5-11(17)22-10-4-6-15-8-10/h10,12,15H,3-9H2,1-2H3,(H,16,18)/t10?,12-,24-/m0/s1. The van der Waals surface area contributed by atoms with Gasteiger partial charge in [0.15, 0.2) is 6.10 Å². The van der Waals surface area contributed by atoms with Crippen molar-refractivity contribution < 1.29 is 32.5 Å². The third-order valence-corrected chi connectivity index (χ3v) is 5.11. The predicted octanol–water partition coefficient (Wildman–Crippen LogP) is 0.756. The largest absolute Gasteiger partial charge is 0.475 e. The zero-order valence-electron chi connectivity index (χ0n) is 13.9. The molecule has 137 valence electrons. The first-order valence-electron chi connectivity index (χ1n) is 7.80. The predicted molar refractivity (Wildman–Crippen MR) is 83.6 cm³/mol. The number of hydrogen-bond donors (Lipinski definition) is 2. The summed E-state index contributed by atoms with van der Waals surface area (Å²) in [5.41, 5.74) is -0.702. The Morgan fingerprint density at radius 2 is 2.21 bits per heavy atom. The Morgan fingerprint density at radius 1 is 1.46 bits per heavy atom. The molecule has 9 nitrogen and oxygen atoms in total. The first-order valence-corrected chi connectivity index (χ1v) is 9.26. The van der Waals surface area contributed by atoms with Gasteiger partial charge in [0.05, 0.1) is 20.1 Å². The Labute approximate surface area is 141 Å². The first kappa shape index (κ1) is 19.3. The second-order valence-corrected chi connectivity index (χ2v) is 8.09. The molecule has 0 spiro atoms. The molecule has 1 amide bonds. The number of nitrogens with one attached hydrogen (secondary N) is 2. The second-order valence-electron chi connectivity index (χ2n) is 6.47. The lowest BCUT2D eigenvalue weighted by Gasteiger charge is -2.38. The second kappa shape index (κ2) is 7.93. The van der Waals surface area contributed by atoms with Crippen LogP contribution in [0.25, 0.3) is 0 Å². The van der Waals surface area contributed by atoms with Gasteiger partial charge in [-0.25, -0.2) is 4.57 Å². The van der Waals surface area contributed by atoms with E-state index in [1.54, 1.807) is 13.8 Å². The number of rotatable bonds is 6. The van der Waals surface area contributed by atoms with Crippen LogP contribution in [0.3, 0.4) is 0 Å². The fraction of sp³-hybridized carbons (Fsp3) is 0.786. The van der Waals surface area contributed by atoms with Gasteiger partial charge in [-0.05, 0) is 13.0 Å². The molecule has 0 bridgehead atoms. The van der Waals surface area contributed by atoms with Crippen LogP contribution in [0, 0.1) is 12.5 Å². The molecular formula is C14H24N2O7P. The Bertz CT molecular complexity index is 519. The molecule has 2 aliphatic rings. The number of ether oxygens (including phenoxy) is 1. The summed E-state index contributed by atoms with van der Waals surface area (Å²) in [5.74, 6) is -0.862. The van der Waals surface area contributed by atoms with E-state index >= 15 is 0 Å². The summed E-state index contributed by atoms with van der Waals surface area (Å²) >= 11 is 0. The molecule has 2 N–H and O–H groups in total. The summed E-state index contributed by atoms with van der Waals surface area (Å²) < 4.78 is 31.9. The van der Waals surface area contributed by atoms with Gasteiger partial charge in [-0.2, -0.15) is 0 Å². The van der Waals surface area contributed by atoms with E-state index in [1.807, 2.05) is 0 Å². The maximum absolute atomic E-state index is 12.3. The Kier molecular flexibility index (Phi) is 6.39.